The van der Waals surface area contributed by atoms with Crippen LogP contribution in [-0.2, 0) is 4.79 Å². The van der Waals surface area contributed by atoms with Gasteiger partial charge in [-0.1, -0.05) is 26.0 Å². The van der Waals surface area contributed by atoms with Gasteiger partial charge >= 0.3 is 11.9 Å². The predicted octanol–water partition coefficient (Wildman–Crippen LogP) is 3.49. The van der Waals surface area contributed by atoms with E-state index in [0.29, 0.717) is 5.75 Å². The van der Waals surface area contributed by atoms with Gasteiger partial charge in [0.05, 0.1) is 11.5 Å². The lowest BCUT2D eigenvalue weighted by Gasteiger charge is -2.09. The summed E-state index contributed by atoms with van der Waals surface area (Å²) in [5, 5.41) is 10.6. The van der Waals surface area contributed by atoms with Crippen molar-refractivity contribution in [3.05, 3.63) is 42.0 Å². The third-order valence-electron chi connectivity index (χ3n) is 3.29. The number of carboxylic acids is 1. The Morgan fingerprint density at radius 3 is 2.45 bits per heavy atom. The summed E-state index contributed by atoms with van der Waals surface area (Å²) in [4.78, 5) is 22.6. The van der Waals surface area contributed by atoms with Crippen molar-refractivity contribution in [1.29, 1.82) is 0 Å². The molecule has 0 aliphatic carbocycles. The van der Waals surface area contributed by atoms with Crippen LogP contribution in [0.5, 0.6) is 5.75 Å². The largest absolute Gasteiger partial charge is 0.478 e. The van der Waals surface area contributed by atoms with Gasteiger partial charge in [0.25, 0.3) is 0 Å². The number of hydrogen-bond donors (Lipinski definition) is 1. The number of rotatable bonds is 4. The van der Waals surface area contributed by atoms with Gasteiger partial charge in [-0.2, -0.15) is 0 Å². The zero-order valence-electron chi connectivity index (χ0n) is 11.4. The van der Waals surface area contributed by atoms with E-state index in [1.807, 2.05) is 13.8 Å². The van der Waals surface area contributed by atoms with E-state index in [-0.39, 0.29) is 17.5 Å². The fourth-order valence-corrected chi connectivity index (χ4v) is 1.80. The Morgan fingerprint density at radius 2 is 1.80 bits per heavy atom. The number of ether oxygens (including phenoxy) is 1. The molecule has 0 heterocycles. The third-order valence-corrected chi connectivity index (χ3v) is 3.29. The van der Waals surface area contributed by atoms with E-state index >= 15 is 0 Å². The molecule has 2 rings (SSSR count). The maximum Gasteiger partial charge on any atom is 0.335 e. The van der Waals surface area contributed by atoms with Crippen LogP contribution >= 0.6 is 0 Å². The molecule has 4 nitrogen and oxygen atoms in total. The van der Waals surface area contributed by atoms with Gasteiger partial charge in [0.1, 0.15) is 5.75 Å². The lowest BCUT2D eigenvalue weighted by molar-refractivity contribution is -0.138. The minimum atomic E-state index is -0.959. The minimum absolute atomic E-state index is 0.139. The summed E-state index contributed by atoms with van der Waals surface area (Å²) < 4.78 is 5.30. The summed E-state index contributed by atoms with van der Waals surface area (Å²) in [5.74, 6) is -0.876. The Kier molecular flexibility index (Phi) is 4.03. The second kappa shape index (κ2) is 5.74. The molecule has 104 valence electrons. The Morgan fingerprint density at radius 1 is 1.15 bits per heavy atom. The van der Waals surface area contributed by atoms with Crippen LogP contribution in [0.25, 0.3) is 10.8 Å². The molecule has 1 unspecified atom stereocenters. The van der Waals surface area contributed by atoms with Crippen molar-refractivity contribution < 1.29 is 19.4 Å². The zero-order chi connectivity index (χ0) is 14.7. The summed E-state index contributed by atoms with van der Waals surface area (Å²) in [6.45, 7) is 3.75. The van der Waals surface area contributed by atoms with Crippen LogP contribution < -0.4 is 4.74 Å². The van der Waals surface area contributed by atoms with Crippen LogP contribution in [0.2, 0.25) is 0 Å². The van der Waals surface area contributed by atoms with Crippen LogP contribution in [0.3, 0.4) is 0 Å². The number of hydrogen-bond acceptors (Lipinski definition) is 3. The summed E-state index contributed by atoms with van der Waals surface area (Å²) in [5.41, 5.74) is 0.238. The first-order valence-electron chi connectivity index (χ1n) is 6.50. The van der Waals surface area contributed by atoms with Crippen molar-refractivity contribution in [2.45, 2.75) is 20.3 Å². The Bertz CT molecular complexity index is 661. The van der Waals surface area contributed by atoms with Crippen molar-refractivity contribution in [2.75, 3.05) is 0 Å². The molecule has 0 radical (unpaired) electrons. The van der Waals surface area contributed by atoms with Crippen LogP contribution in [-0.4, -0.2) is 17.0 Å². The second-order valence-electron chi connectivity index (χ2n) is 4.76. The standard InChI is InChI=1S/C16H16O4/c1-3-10(2)16(19)20-14-7-6-11-8-13(15(17)18)5-4-12(11)9-14/h4-10H,3H2,1-2H3,(H,17,18). The highest BCUT2D eigenvalue weighted by Gasteiger charge is 2.13. The van der Waals surface area contributed by atoms with Crippen LogP contribution in [0, 0.1) is 5.92 Å². The van der Waals surface area contributed by atoms with Crippen molar-refractivity contribution >= 4 is 22.7 Å². The van der Waals surface area contributed by atoms with Crippen molar-refractivity contribution in [2.24, 2.45) is 5.92 Å². The highest BCUT2D eigenvalue weighted by molar-refractivity contribution is 5.94. The SMILES string of the molecule is CCC(C)C(=O)Oc1ccc2cc(C(=O)O)ccc2c1. The molecule has 0 fully saturated rings. The third kappa shape index (κ3) is 2.96. The second-order valence-corrected chi connectivity index (χ2v) is 4.76. The lowest BCUT2D eigenvalue weighted by Crippen LogP contribution is -2.16. The van der Waals surface area contributed by atoms with Gasteiger partial charge in [0.2, 0.25) is 0 Å². The number of fused-ring (bicyclic) bond motifs is 1. The van der Waals surface area contributed by atoms with Gasteiger partial charge in [-0.25, -0.2) is 4.79 Å². The van der Waals surface area contributed by atoms with Gasteiger partial charge in [0.15, 0.2) is 0 Å². The molecule has 2 aromatic carbocycles. The van der Waals surface area contributed by atoms with Gasteiger partial charge in [-0.15, -0.1) is 0 Å². The normalized spacial score (nSPS) is 12.1. The minimum Gasteiger partial charge on any atom is -0.478 e. The maximum absolute atomic E-state index is 11.7. The van der Waals surface area contributed by atoms with Crippen LogP contribution in [0.4, 0.5) is 0 Å². The number of benzene rings is 2. The van der Waals surface area contributed by atoms with E-state index in [9.17, 15) is 9.59 Å². The molecule has 2 aromatic rings. The van der Waals surface area contributed by atoms with Crippen molar-refractivity contribution in [3.63, 3.8) is 0 Å². The zero-order valence-corrected chi connectivity index (χ0v) is 11.4. The first-order chi connectivity index (χ1) is 9.51. The van der Waals surface area contributed by atoms with E-state index in [1.54, 1.807) is 30.3 Å². The fourth-order valence-electron chi connectivity index (χ4n) is 1.80. The number of carboxylic acid groups (broad SMARTS) is 1. The number of esters is 1. The summed E-state index contributed by atoms with van der Waals surface area (Å²) in [7, 11) is 0. The van der Waals surface area contributed by atoms with E-state index in [2.05, 4.69) is 0 Å². The molecule has 0 saturated heterocycles. The lowest BCUT2D eigenvalue weighted by atomic mass is 10.1. The van der Waals surface area contributed by atoms with E-state index in [1.165, 1.54) is 6.07 Å². The molecule has 1 atom stereocenters. The van der Waals surface area contributed by atoms with E-state index in [4.69, 9.17) is 9.84 Å². The molecule has 0 bridgehead atoms. The van der Waals surface area contributed by atoms with Crippen LogP contribution in [0.1, 0.15) is 30.6 Å². The molecule has 4 heteroatoms. The predicted molar refractivity (Wildman–Crippen MR) is 76.0 cm³/mol. The highest BCUT2D eigenvalue weighted by atomic mass is 16.5. The molecule has 20 heavy (non-hydrogen) atoms. The average Bonchev–Trinajstić information content (AvgIpc) is 2.45. The Labute approximate surface area is 117 Å². The molecule has 0 aliphatic heterocycles. The summed E-state index contributed by atoms with van der Waals surface area (Å²) in [6.07, 6.45) is 0.731. The topological polar surface area (TPSA) is 63.6 Å². The first kappa shape index (κ1) is 14.1. The molecule has 0 aliphatic rings. The molecule has 1 N–H and O–H groups in total. The smallest absolute Gasteiger partial charge is 0.335 e. The maximum atomic E-state index is 11.7. The van der Waals surface area contributed by atoms with Gasteiger partial charge in [-0.05, 0) is 41.5 Å². The molecular weight excluding hydrogens is 256 g/mol. The van der Waals surface area contributed by atoms with E-state index < -0.39 is 5.97 Å². The highest BCUT2D eigenvalue weighted by Crippen LogP contribution is 2.23. The summed E-state index contributed by atoms with van der Waals surface area (Å²) >= 11 is 0. The van der Waals surface area contributed by atoms with Gasteiger partial charge in [-0.3, -0.25) is 4.79 Å². The summed E-state index contributed by atoms with van der Waals surface area (Å²) in [6, 6.07) is 10.00. The van der Waals surface area contributed by atoms with Crippen molar-refractivity contribution in [3.8, 4) is 5.75 Å². The Hall–Kier alpha value is -2.36. The first-order valence-corrected chi connectivity index (χ1v) is 6.50. The van der Waals surface area contributed by atoms with E-state index in [0.717, 1.165) is 17.2 Å². The molecule has 0 saturated carbocycles. The van der Waals surface area contributed by atoms with Gasteiger partial charge < -0.3 is 9.84 Å². The molecule has 0 aromatic heterocycles. The molecule has 0 amide bonds. The fraction of sp³-hybridized carbons (Fsp3) is 0.250. The van der Waals surface area contributed by atoms with Gasteiger partial charge in [0, 0.05) is 0 Å². The van der Waals surface area contributed by atoms with Crippen LogP contribution in [0.15, 0.2) is 36.4 Å². The molecular formula is C16H16O4. The number of carbonyl (C=O) groups excluding carboxylic acids is 1. The number of carbonyl (C=O) groups is 2. The molecule has 0 spiro atoms. The average molecular weight is 272 g/mol. The van der Waals surface area contributed by atoms with Crippen molar-refractivity contribution in [1.82, 2.24) is 0 Å². The number of aromatic carboxylic acids is 1. The quantitative estimate of drug-likeness (QED) is 0.683. The monoisotopic (exact) mass is 272 g/mol. The Balaban J connectivity index is 2.28.